The number of primary amides is 1. The normalized spacial score (nSPS) is 17.1. The van der Waals surface area contributed by atoms with Crippen LogP contribution in [0.15, 0.2) is 91.0 Å². The highest BCUT2D eigenvalue weighted by atomic mass is 16.5. The Bertz CT molecular complexity index is 1010. The molecule has 1 amide bonds. The van der Waals surface area contributed by atoms with Gasteiger partial charge in [0.25, 0.3) is 0 Å². The molecule has 0 radical (unpaired) electrons. The molecule has 1 fully saturated rings. The Morgan fingerprint density at radius 1 is 0.882 bits per heavy atom. The maximum atomic E-state index is 13.1. The van der Waals surface area contributed by atoms with Crippen LogP contribution >= 0.6 is 0 Å². The van der Waals surface area contributed by atoms with Gasteiger partial charge in [-0.2, -0.15) is 0 Å². The molecule has 4 heteroatoms. The van der Waals surface area contributed by atoms with Crippen molar-refractivity contribution >= 4 is 5.91 Å². The second-order valence-corrected chi connectivity index (χ2v) is 9.97. The number of ether oxygens (including phenoxy) is 1. The lowest BCUT2D eigenvalue weighted by Crippen LogP contribution is -2.47. The summed E-state index contributed by atoms with van der Waals surface area (Å²) < 4.78 is 6.22. The minimum absolute atomic E-state index is 0.0882. The third-order valence-electron chi connectivity index (χ3n) is 7.40. The Kier molecular flexibility index (Phi) is 7.50. The molecule has 0 saturated carbocycles. The van der Waals surface area contributed by atoms with Crippen LogP contribution in [0, 0.1) is 0 Å². The second-order valence-electron chi connectivity index (χ2n) is 9.97. The Labute approximate surface area is 203 Å². The Hall–Kier alpha value is -2.95. The molecule has 178 valence electrons. The van der Waals surface area contributed by atoms with E-state index in [2.05, 4.69) is 30.9 Å². The van der Waals surface area contributed by atoms with Gasteiger partial charge < -0.3 is 10.5 Å². The van der Waals surface area contributed by atoms with Gasteiger partial charge >= 0.3 is 0 Å². The van der Waals surface area contributed by atoms with Crippen molar-refractivity contribution in [3.05, 3.63) is 108 Å². The van der Waals surface area contributed by atoms with Crippen molar-refractivity contribution in [1.29, 1.82) is 0 Å². The fourth-order valence-electron chi connectivity index (χ4n) is 5.16. The lowest BCUT2D eigenvalue weighted by atomic mass is 9.69. The van der Waals surface area contributed by atoms with Crippen LogP contribution < -0.4 is 5.73 Å². The Morgan fingerprint density at radius 2 is 1.41 bits per heavy atom. The van der Waals surface area contributed by atoms with Crippen LogP contribution in [-0.4, -0.2) is 35.5 Å². The van der Waals surface area contributed by atoms with Crippen LogP contribution in [0.3, 0.4) is 0 Å². The third-order valence-corrected chi connectivity index (χ3v) is 7.40. The van der Waals surface area contributed by atoms with Gasteiger partial charge in [0.2, 0.25) is 5.91 Å². The summed E-state index contributed by atoms with van der Waals surface area (Å²) in [6, 6.07) is 30.3. The summed E-state index contributed by atoms with van der Waals surface area (Å²) in [4.78, 5) is 15.6. The van der Waals surface area contributed by atoms with Crippen molar-refractivity contribution < 1.29 is 9.53 Å². The minimum Gasteiger partial charge on any atom is -0.372 e. The zero-order valence-electron chi connectivity index (χ0n) is 20.3. The summed E-state index contributed by atoms with van der Waals surface area (Å²) >= 11 is 0. The van der Waals surface area contributed by atoms with Gasteiger partial charge in [-0.1, -0.05) is 91.0 Å². The number of hydrogen-bond acceptors (Lipinski definition) is 3. The Balaban J connectivity index is 1.48. The van der Waals surface area contributed by atoms with E-state index in [9.17, 15) is 4.79 Å². The van der Waals surface area contributed by atoms with Gasteiger partial charge in [-0.25, -0.2) is 0 Å². The zero-order chi connectivity index (χ0) is 24.0. The first kappa shape index (κ1) is 24.2. The van der Waals surface area contributed by atoms with Gasteiger partial charge in [0.05, 0.1) is 18.1 Å². The molecule has 0 bridgehead atoms. The molecule has 0 spiro atoms. The van der Waals surface area contributed by atoms with E-state index in [-0.39, 0.29) is 17.6 Å². The van der Waals surface area contributed by atoms with Gasteiger partial charge in [-0.05, 0) is 49.8 Å². The van der Waals surface area contributed by atoms with E-state index < -0.39 is 5.41 Å². The van der Waals surface area contributed by atoms with Crippen LogP contribution in [0.1, 0.15) is 49.8 Å². The van der Waals surface area contributed by atoms with Gasteiger partial charge in [0.1, 0.15) is 0 Å². The van der Waals surface area contributed by atoms with E-state index in [1.165, 1.54) is 5.56 Å². The number of benzene rings is 3. The van der Waals surface area contributed by atoms with E-state index in [1.807, 2.05) is 78.9 Å². The first-order valence-corrected chi connectivity index (χ1v) is 12.2. The predicted octanol–water partition coefficient (Wildman–Crippen LogP) is 5.31. The summed E-state index contributed by atoms with van der Waals surface area (Å²) in [6.45, 7) is 7.09. The molecule has 0 aliphatic carbocycles. The number of carbonyl (C=O) groups is 1. The third kappa shape index (κ3) is 5.24. The summed E-state index contributed by atoms with van der Waals surface area (Å²) in [5.74, 6) is -0.300. The maximum Gasteiger partial charge on any atom is 0.232 e. The lowest BCUT2D eigenvalue weighted by Gasteiger charge is -2.40. The summed E-state index contributed by atoms with van der Waals surface area (Å²) in [5.41, 5.74) is 8.33. The molecule has 34 heavy (non-hydrogen) atoms. The van der Waals surface area contributed by atoms with E-state index in [1.54, 1.807) is 0 Å². The molecule has 4 nitrogen and oxygen atoms in total. The van der Waals surface area contributed by atoms with Crippen LogP contribution in [0.4, 0.5) is 0 Å². The van der Waals surface area contributed by atoms with E-state index >= 15 is 0 Å². The zero-order valence-corrected chi connectivity index (χ0v) is 20.3. The van der Waals surface area contributed by atoms with E-state index in [0.29, 0.717) is 13.0 Å². The summed E-state index contributed by atoms with van der Waals surface area (Å²) in [7, 11) is 0. The number of rotatable bonds is 10. The quantitative estimate of drug-likeness (QED) is 0.450. The molecule has 1 atom stereocenters. The molecule has 3 aromatic rings. The van der Waals surface area contributed by atoms with E-state index in [4.69, 9.17) is 10.5 Å². The molecule has 1 heterocycles. The number of hydrogen-bond donors (Lipinski definition) is 1. The van der Waals surface area contributed by atoms with Crippen molar-refractivity contribution in [3.8, 4) is 0 Å². The molecule has 0 aromatic heterocycles. The number of likely N-dealkylation sites (tertiary alicyclic amines) is 1. The standard InChI is InChI=1S/C30H36N2O2/c1-29(2,32-21-18-27(22-32)34-23-24-12-6-3-7-13-24)19-20-30(28(31)33,25-14-8-4-9-15-25)26-16-10-5-11-17-26/h3-17,27H,18-23H2,1-2H3,(H2,31,33). The number of nitrogens with two attached hydrogens (primary N) is 1. The highest BCUT2D eigenvalue weighted by molar-refractivity contribution is 5.90. The summed E-state index contributed by atoms with van der Waals surface area (Å²) in [5, 5.41) is 0. The van der Waals surface area contributed by atoms with Crippen molar-refractivity contribution in [1.82, 2.24) is 4.90 Å². The molecular formula is C30H36N2O2. The fraction of sp³-hybridized carbons (Fsp3) is 0.367. The fourth-order valence-corrected chi connectivity index (χ4v) is 5.16. The van der Waals surface area contributed by atoms with Gasteiger partial charge in [0, 0.05) is 18.6 Å². The average Bonchev–Trinajstić information content (AvgIpc) is 3.35. The van der Waals surface area contributed by atoms with Crippen LogP contribution in [0.25, 0.3) is 0 Å². The van der Waals surface area contributed by atoms with Crippen LogP contribution in [-0.2, 0) is 21.6 Å². The topological polar surface area (TPSA) is 55.6 Å². The predicted molar refractivity (Wildman–Crippen MR) is 137 cm³/mol. The van der Waals surface area contributed by atoms with Crippen molar-refractivity contribution in [2.45, 2.75) is 56.8 Å². The monoisotopic (exact) mass is 456 g/mol. The summed E-state index contributed by atoms with van der Waals surface area (Å²) in [6.07, 6.45) is 2.73. The van der Waals surface area contributed by atoms with Gasteiger partial charge in [-0.15, -0.1) is 0 Å². The van der Waals surface area contributed by atoms with Crippen molar-refractivity contribution in [3.63, 3.8) is 0 Å². The first-order chi connectivity index (χ1) is 16.4. The van der Waals surface area contributed by atoms with Crippen molar-refractivity contribution in [2.24, 2.45) is 5.73 Å². The maximum absolute atomic E-state index is 13.1. The second kappa shape index (κ2) is 10.5. The average molecular weight is 457 g/mol. The number of amides is 1. The molecule has 1 aliphatic rings. The smallest absolute Gasteiger partial charge is 0.232 e. The highest BCUT2D eigenvalue weighted by Crippen LogP contribution is 2.40. The highest BCUT2D eigenvalue weighted by Gasteiger charge is 2.43. The van der Waals surface area contributed by atoms with Crippen molar-refractivity contribution in [2.75, 3.05) is 13.1 Å². The first-order valence-electron chi connectivity index (χ1n) is 12.2. The molecule has 1 saturated heterocycles. The Morgan fingerprint density at radius 3 is 1.94 bits per heavy atom. The molecule has 1 aliphatic heterocycles. The number of carbonyl (C=O) groups excluding carboxylic acids is 1. The molecular weight excluding hydrogens is 420 g/mol. The SMILES string of the molecule is CC(C)(CCC(C(N)=O)(c1ccccc1)c1ccccc1)N1CCC(OCc2ccccc2)C1. The molecule has 1 unspecified atom stereocenters. The molecule has 2 N–H and O–H groups in total. The van der Waals surface area contributed by atoms with Gasteiger partial charge in [0.15, 0.2) is 0 Å². The largest absolute Gasteiger partial charge is 0.372 e. The molecule has 3 aromatic carbocycles. The van der Waals surface area contributed by atoms with Gasteiger partial charge in [-0.3, -0.25) is 9.69 Å². The number of nitrogens with zero attached hydrogens (tertiary/aromatic N) is 1. The van der Waals surface area contributed by atoms with Crippen LogP contribution in [0.2, 0.25) is 0 Å². The molecule has 4 rings (SSSR count). The van der Waals surface area contributed by atoms with Crippen LogP contribution in [0.5, 0.6) is 0 Å². The minimum atomic E-state index is -0.858. The van der Waals surface area contributed by atoms with E-state index in [0.717, 1.165) is 37.1 Å². The lowest BCUT2D eigenvalue weighted by molar-refractivity contribution is -0.122.